The van der Waals surface area contributed by atoms with Crippen molar-refractivity contribution < 1.29 is 9.53 Å². The third-order valence-corrected chi connectivity index (χ3v) is 4.89. The Hall–Kier alpha value is -4.20. The van der Waals surface area contributed by atoms with Gasteiger partial charge in [-0.15, -0.1) is 0 Å². The van der Waals surface area contributed by atoms with Crippen molar-refractivity contribution >= 4 is 17.5 Å². The number of hydrogen-bond acceptors (Lipinski definition) is 6. The molecule has 2 N–H and O–H groups in total. The molecule has 8 heteroatoms. The molecule has 2 aromatic carbocycles. The number of aryl methyl sites for hydroxylation is 1. The highest BCUT2D eigenvalue weighted by molar-refractivity contribution is 5.95. The van der Waals surface area contributed by atoms with Crippen LogP contribution in [-0.2, 0) is 6.54 Å². The van der Waals surface area contributed by atoms with Crippen molar-refractivity contribution in [3.05, 3.63) is 85.2 Å². The molecule has 0 aliphatic rings. The zero-order chi connectivity index (χ0) is 22.2. The normalized spacial score (nSPS) is 10.5. The van der Waals surface area contributed by atoms with Crippen LogP contribution in [0.1, 0.15) is 16.8 Å². The standard InChI is InChI=1S/C24H24N6O2/c1-32-22-8-6-18(7-9-22)20-15-27-24(28-16-20)29-21-5-2-4-19(14-21)23(31)26-10-3-12-30-13-11-25-17-30/h2,4-9,11,13-17H,3,10,12H2,1H3,(H,26,31)(H,27,28,29). The number of ether oxygens (including phenoxy) is 1. The number of benzene rings is 2. The van der Waals surface area contributed by atoms with Crippen LogP contribution in [0.4, 0.5) is 11.6 Å². The van der Waals surface area contributed by atoms with E-state index >= 15 is 0 Å². The number of nitrogens with one attached hydrogen (secondary N) is 2. The third kappa shape index (κ3) is 5.48. The Bertz CT molecular complexity index is 1140. The Balaban J connectivity index is 1.33. The second-order valence-electron chi connectivity index (χ2n) is 7.14. The number of nitrogens with zero attached hydrogens (tertiary/aromatic N) is 4. The van der Waals surface area contributed by atoms with Gasteiger partial charge in [0.2, 0.25) is 5.95 Å². The van der Waals surface area contributed by atoms with Gasteiger partial charge in [0.15, 0.2) is 0 Å². The van der Waals surface area contributed by atoms with E-state index in [9.17, 15) is 4.79 Å². The fraction of sp³-hybridized carbons (Fsp3) is 0.167. The number of rotatable bonds is 9. The molecule has 4 rings (SSSR count). The maximum atomic E-state index is 12.5. The fourth-order valence-corrected chi connectivity index (χ4v) is 3.18. The molecule has 2 heterocycles. The second-order valence-corrected chi connectivity index (χ2v) is 7.14. The van der Waals surface area contributed by atoms with Gasteiger partial charge in [0.25, 0.3) is 5.91 Å². The summed E-state index contributed by atoms with van der Waals surface area (Å²) in [7, 11) is 1.64. The number of amides is 1. The highest BCUT2D eigenvalue weighted by Crippen LogP contribution is 2.22. The van der Waals surface area contributed by atoms with Crippen LogP contribution in [0.2, 0.25) is 0 Å². The van der Waals surface area contributed by atoms with E-state index in [0.29, 0.717) is 18.1 Å². The van der Waals surface area contributed by atoms with Crippen LogP contribution in [0.5, 0.6) is 5.75 Å². The van der Waals surface area contributed by atoms with Crippen LogP contribution in [0, 0.1) is 0 Å². The van der Waals surface area contributed by atoms with Gasteiger partial charge in [0, 0.05) is 54.7 Å². The second kappa shape index (κ2) is 10.2. The van der Waals surface area contributed by atoms with E-state index in [2.05, 4.69) is 25.6 Å². The summed E-state index contributed by atoms with van der Waals surface area (Å²) >= 11 is 0. The van der Waals surface area contributed by atoms with Crippen molar-refractivity contribution in [3.63, 3.8) is 0 Å². The molecule has 2 aromatic heterocycles. The first-order valence-corrected chi connectivity index (χ1v) is 10.3. The van der Waals surface area contributed by atoms with Crippen molar-refractivity contribution in [1.29, 1.82) is 0 Å². The van der Waals surface area contributed by atoms with Crippen molar-refractivity contribution in [1.82, 2.24) is 24.8 Å². The maximum absolute atomic E-state index is 12.5. The van der Waals surface area contributed by atoms with Crippen molar-refractivity contribution in [3.8, 4) is 16.9 Å². The Kier molecular flexibility index (Phi) is 6.72. The average molecular weight is 428 g/mol. The van der Waals surface area contributed by atoms with E-state index in [1.54, 1.807) is 44.2 Å². The lowest BCUT2D eigenvalue weighted by atomic mass is 10.1. The maximum Gasteiger partial charge on any atom is 0.251 e. The van der Waals surface area contributed by atoms with Gasteiger partial charge in [-0.1, -0.05) is 18.2 Å². The number of hydrogen-bond donors (Lipinski definition) is 2. The lowest BCUT2D eigenvalue weighted by Crippen LogP contribution is -2.25. The number of anilines is 2. The van der Waals surface area contributed by atoms with Gasteiger partial charge >= 0.3 is 0 Å². The molecule has 0 atom stereocenters. The number of methoxy groups -OCH3 is 1. The molecule has 0 aliphatic carbocycles. The smallest absolute Gasteiger partial charge is 0.251 e. The number of carbonyl (C=O) groups is 1. The van der Waals surface area contributed by atoms with Gasteiger partial charge in [-0.3, -0.25) is 4.79 Å². The van der Waals surface area contributed by atoms with Gasteiger partial charge in [-0.05, 0) is 42.3 Å². The monoisotopic (exact) mass is 428 g/mol. The predicted molar refractivity (Wildman–Crippen MR) is 123 cm³/mol. The lowest BCUT2D eigenvalue weighted by Gasteiger charge is -2.09. The van der Waals surface area contributed by atoms with Crippen molar-refractivity contribution in [2.75, 3.05) is 19.0 Å². The zero-order valence-corrected chi connectivity index (χ0v) is 17.7. The van der Waals surface area contributed by atoms with Crippen LogP contribution in [0.25, 0.3) is 11.1 Å². The van der Waals surface area contributed by atoms with Gasteiger partial charge in [-0.2, -0.15) is 0 Å². The molecule has 0 fully saturated rings. The first-order chi connectivity index (χ1) is 15.7. The first kappa shape index (κ1) is 21.0. The molecule has 0 unspecified atom stereocenters. The summed E-state index contributed by atoms with van der Waals surface area (Å²) in [4.78, 5) is 25.2. The number of imidazole rings is 1. The van der Waals surface area contributed by atoms with Crippen LogP contribution < -0.4 is 15.4 Å². The summed E-state index contributed by atoms with van der Waals surface area (Å²) in [6.45, 7) is 1.40. The van der Waals surface area contributed by atoms with Gasteiger partial charge in [0.05, 0.1) is 13.4 Å². The molecule has 1 amide bonds. The van der Waals surface area contributed by atoms with Gasteiger partial charge in [-0.25, -0.2) is 15.0 Å². The molecule has 8 nitrogen and oxygen atoms in total. The molecule has 0 bridgehead atoms. The van der Waals surface area contributed by atoms with Crippen molar-refractivity contribution in [2.45, 2.75) is 13.0 Å². The van der Waals surface area contributed by atoms with E-state index in [4.69, 9.17) is 4.74 Å². The zero-order valence-electron chi connectivity index (χ0n) is 17.7. The van der Waals surface area contributed by atoms with Crippen LogP contribution in [-0.4, -0.2) is 39.1 Å². The summed E-state index contributed by atoms with van der Waals surface area (Å²) in [6.07, 6.45) is 9.76. The molecule has 32 heavy (non-hydrogen) atoms. The van der Waals surface area contributed by atoms with E-state index < -0.39 is 0 Å². The average Bonchev–Trinajstić information content (AvgIpc) is 3.36. The first-order valence-electron chi connectivity index (χ1n) is 10.3. The minimum absolute atomic E-state index is 0.116. The van der Waals surface area contributed by atoms with E-state index in [0.717, 1.165) is 35.5 Å². The Morgan fingerprint density at radius 2 is 1.88 bits per heavy atom. The van der Waals surface area contributed by atoms with Crippen molar-refractivity contribution in [2.24, 2.45) is 0 Å². The van der Waals surface area contributed by atoms with Gasteiger partial charge in [0.1, 0.15) is 5.75 Å². The van der Waals surface area contributed by atoms with Gasteiger partial charge < -0.3 is 19.9 Å². The van der Waals surface area contributed by atoms with Crippen LogP contribution in [0.15, 0.2) is 79.6 Å². The molecular weight excluding hydrogens is 404 g/mol. The van der Waals surface area contributed by atoms with Crippen LogP contribution >= 0.6 is 0 Å². The van der Waals surface area contributed by atoms with E-state index in [1.165, 1.54) is 0 Å². The quantitative estimate of drug-likeness (QED) is 0.393. The highest BCUT2D eigenvalue weighted by atomic mass is 16.5. The largest absolute Gasteiger partial charge is 0.497 e. The minimum atomic E-state index is -0.116. The fourth-order valence-electron chi connectivity index (χ4n) is 3.18. The predicted octanol–water partition coefficient (Wildman–Crippen LogP) is 3.91. The Morgan fingerprint density at radius 1 is 1.06 bits per heavy atom. The lowest BCUT2D eigenvalue weighted by molar-refractivity contribution is 0.0952. The molecule has 4 aromatic rings. The molecular formula is C24H24N6O2. The molecule has 0 saturated heterocycles. The van der Waals surface area contributed by atoms with E-state index in [1.807, 2.05) is 47.2 Å². The highest BCUT2D eigenvalue weighted by Gasteiger charge is 2.07. The third-order valence-electron chi connectivity index (χ3n) is 4.89. The molecule has 162 valence electrons. The summed E-state index contributed by atoms with van der Waals surface area (Å²) < 4.78 is 7.17. The SMILES string of the molecule is COc1ccc(-c2cnc(Nc3cccc(C(=O)NCCCn4ccnc4)c3)nc2)cc1. The van der Waals surface area contributed by atoms with Crippen LogP contribution in [0.3, 0.4) is 0 Å². The summed E-state index contributed by atoms with van der Waals surface area (Å²) in [5, 5.41) is 6.10. The molecule has 0 radical (unpaired) electrons. The summed E-state index contributed by atoms with van der Waals surface area (Å²) in [5.74, 6) is 1.14. The molecule has 0 aliphatic heterocycles. The topological polar surface area (TPSA) is 94.0 Å². The summed E-state index contributed by atoms with van der Waals surface area (Å²) in [5.41, 5.74) is 3.23. The number of aromatic nitrogens is 4. The molecule has 0 saturated carbocycles. The minimum Gasteiger partial charge on any atom is -0.497 e. The molecule has 0 spiro atoms. The van der Waals surface area contributed by atoms with E-state index in [-0.39, 0.29) is 5.91 Å². The Labute approximate surface area is 186 Å². The Morgan fingerprint density at radius 3 is 2.59 bits per heavy atom. The number of carbonyl (C=O) groups excluding carboxylic acids is 1. The summed E-state index contributed by atoms with van der Waals surface area (Å²) in [6, 6.07) is 15.0.